The maximum absolute atomic E-state index is 13.6. The highest BCUT2D eigenvalue weighted by molar-refractivity contribution is 5.86. The topological polar surface area (TPSA) is 81.2 Å². The first-order valence-electron chi connectivity index (χ1n) is 7.66. The molecule has 0 saturated carbocycles. The van der Waals surface area contributed by atoms with Gasteiger partial charge in [0.15, 0.2) is 0 Å². The third-order valence-corrected chi connectivity index (χ3v) is 3.46. The number of hydrogen-bond acceptors (Lipinski definition) is 4. The minimum absolute atomic E-state index is 0.0923. The van der Waals surface area contributed by atoms with Gasteiger partial charge in [-0.25, -0.2) is 4.79 Å². The molecule has 1 aromatic carbocycles. The van der Waals surface area contributed by atoms with E-state index in [1.54, 1.807) is 29.6 Å². The summed E-state index contributed by atoms with van der Waals surface area (Å²) in [6.45, 7) is 1.98. The van der Waals surface area contributed by atoms with Crippen LogP contribution in [0.3, 0.4) is 0 Å². The minimum Gasteiger partial charge on any atom is -0.497 e. The van der Waals surface area contributed by atoms with Crippen LogP contribution < -0.4 is 15.4 Å². The van der Waals surface area contributed by atoms with E-state index in [2.05, 4.69) is 4.74 Å². The lowest BCUT2D eigenvalue weighted by molar-refractivity contribution is -0.743. The second kappa shape index (κ2) is 8.70. The summed E-state index contributed by atoms with van der Waals surface area (Å²) in [7, 11) is 1.51. The van der Waals surface area contributed by atoms with E-state index in [-0.39, 0.29) is 19.6 Å². The van der Waals surface area contributed by atoms with E-state index in [1.165, 1.54) is 14.0 Å². The summed E-state index contributed by atoms with van der Waals surface area (Å²) >= 11 is 0. The highest BCUT2D eigenvalue weighted by Crippen LogP contribution is 2.26. The van der Waals surface area contributed by atoms with E-state index in [9.17, 15) is 22.8 Å². The van der Waals surface area contributed by atoms with Gasteiger partial charge in [-0.15, -0.1) is 0 Å². The zero-order valence-electron chi connectivity index (χ0n) is 14.3. The number of hydrogen-bond donors (Lipinski definition) is 2. The van der Waals surface area contributed by atoms with Gasteiger partial charge in [-0.2, -0.15) is 13.2 Å². The Labute approximate surface area is 143 Å². The van der Waals surface area contributed by atoms with Crippen molar-refractivity contribution in [3.05, 3.63) is 29.8 Å². The summed E-state index contributed by atoms with van der Waals surface area (Å²) in [6.07, 6.45) is -4.77. The summed E-state index contributed by atoms with van der Waals surface area (Å²) in [6, 6.07) is 6.80. The molecule has 3 N–H and O–H groups in total. The van der Waals surface area contributed by atoms with E-state index >= 15 is 0 Å². The van der Waals surface area contributed by atoms with Crippen molar-refractivity contribution in [2.45, 2.75) is 32.1 Å². The van der Waals surface area contributed by atoms with Crippen molar-refractivity contribution in [3.8, 4) is 5.75 Å². The standard InChI is InChI=1S/C16H21F3N2O4/c1-4-25-14(23)15(16(17,18)19,21-11(2)22)20-10-9-12-5-7-13(24-3)8-6-12/h5-8,20H,4,9-10H2,1-3H3,(H,21,22)/p+1/t15-/m0/s1. The maximum Gasteiger partial charge on any atom is 0.478 e. The molecule has 9 heteroatoms. The normalized spacial score (nSPS) is 13.7. The molecule has 0 radical (unpaired) electrons. The Balaban J connectivity index is 2.94. The van der Waals surface area contributed by atoms with Crippen molar-refractivity contribution in [3.63, 3.8) is 0 Å². The van der Waals surface area contributed by atoms with Crippen molar-refractivity contribution in [1.82, 2.24) is 5.32 Å². The molecule has 1 aromatic rings. The van der Waals surface area contributed by atoms with Crippen LogP contribution in [0.15, 0.2) is 24.3 Å². The number of quaternary nitrogens is 1. The van der Waals surface area contributed by atoms with E-state index in [1.807, 2.05) is 0 Å². The van der Waals surface area contributed by atoms with Crippen molar-refractivity contribution >= 4 is 11.9 Å². The first-order chi connectivity index (χ1) is 11.7. The number of alkyl halides is 3. The molecule has 0 heterocycles. The van der Waals surface area contributed by atoms with Crippen LogP contribution in [-0.4, -0.2) is 44.0 Å². The molecule has 0 aliphatic carbocycles. The summed E-state index contributed by atoms with van der Waals surface area (Å²) in [5.74, 6) is -1.90. The number of carbonyl (C=O) groups excluding carboxylic acids is 2. The average Bonchev–Trinajstić information content (AvgIpc) is 2.53. The monoisotopic (exact) mass is 363 g/mol. The minimum atomic E-state index is -5.02. The first kappa shape index (κ1) is 20.8. The van der Waals surface area contributed by atoms with E-state index in [0.29, 0.717) is 5.75 Å². The number of halogens is 3. The Kier molecular flexibility index (Phi) is 7.22. The molecule has 0 aliphatic heterocycles. The number of carbonyl (C=O) groups is 2. The highest BCUT2D eigenvalue weighted by atomic mass is 19.4. The molecular weight excluding hydrogens is 341 g/mol. The van der Waals surface area contributed by atoms with Gasteiger partial charge in [0.25, 0.3) is 0 Å². The van der Waals surface area contributed by atoms with Crippen LogP contribution in [-0.2, 0) is 20.7 Å². The van der Waals surface area contributed by atoms with Gasteiger partial charge in [0.05, 0.1) is 20.3 Å². The van der Waals surface area contributed by atoms with Gasteiger partial charge in [0.1, 0.15) is 5.75 Å². The second-order valence-corrected chi connectivity index (χ2v) is 5.30. The zero-order chi connectivity index (χ0) is 19.1. The lowest BCUT2D eigenvalue weighted by Crippen LogP contribution is -3.07. The lowest BCUT2D eigenvalue weighted by Gasteiger charge is -2.31. The van der Waals surface area contributed by atoms with Crippen molar-refractivity contribution < 1.29 is 37.6 Å². The zero-order valence-corrected chi connectivity index (χ0v) is 14.3. The molecule has 1 atom stereocenters. The predicted octanol–water partition coefficient (Wildman–Crippen LogP) is 0.759. The number of benzene rings is 1. The number of ether oxygens (including phenoxy) is 2. The number of esters is 1. The quantitative estimate of drug-likeness (QED) is 0.528. The van der Waals surface area contributed by atoms with E-state index in [4.69, 9.17) is 4.74 Å². The molecule has 140 valence electrons. The summed E-state index contributed by atoms with van der Waals surface area (Å²) < 4.78 is 50.3. The molecule has 1 amide bonds. The Morgan fingerprint density at radius 3 is 2.24 bits per heavy atom. The Morgan fingerprint density at radius 2 is 1.80 bits per heavy atom. The number of rotatable bonds is 8. The lowest BCUT2D eigenvalue weighted by atomic mass is 10.1. The maximum atomic E-state index is 13.6. The van der Waals surface area contributed by atoms with Gasteiger partial charge in [-0.05, 0) is 24.6 Å². The SMILES string of the molecule is CCOC(=O)[C@@](NC(C)=O)([NH2+]CCc1ccc(OC)cc1)C(F)(F)F. The third-order valence-electron chi connectivity index (χ3n) is 3.46. The molecule has 1 rings (SSSR count). The molecule has 0 aliphatic rings. The molecular formula is C16H22F3N2O4+. The molecule has 0 aromatic heterocycles. The molecule has 25 heavy (non-hydrogen) atoms. The Morgan fingerprint density at radius 1 is 1.20 bits per heavy atom. The third kappa shape index (κ3) is 5.35. The van der Waals surface area contributed by atoms with Crippen LogP contribution >= 0.6 is 0 Å². The van der Waals surface area contributed by atoms with E-state index in [0.717, 1.165) is 17.8 Å². The van der Waals surface area contributed by atoms with Crippen LogP contribution in [0.25, 0.3) is 0 Å². The Hall–Kier alpha value is -2.29. The number of nitrogens with two attached hydrogens (primary N) is 1. The van der Waals surface area contributed by atoms with Gasteiger partial charge in [-0.3, -0.25) is 10.1 Å². The first-order valence-corrected chi connectivity index (χ1v) is 7.66. The van der Waals surface area contributed by atoms with Crippen molar-refractivity contribution in [2.24, 2.45) is 0 Å². The number of amides is 1. The van der Waals surface area contributed by atoms with Crippen LogP contribution in [0, 0.1) is 0 Å². The van der Waals surface area contributed by atoms with Crippen molar-refractivity contribution in [1.29, 1.82) is 0 Å². The van der Waals surface area contributed by atoms with Gasteiger partial charge >= 0.3 is 17.8 Å². The molecule has 0 fully saturated rings. The van der Waals surface area contributed by atoms with Gasteiger partial charge in [0.2, 0.25) is 5.91 Å². The van der Waals surface area contributed by atoms with Gasteiger partial charge < -0.3 is 14.8 Å². The fourth-order valence-corrected chi connectivity index (χ4v) is 2.26. The molecule has 0 saturated heterocycles. The number of methoxy groups -OCH3 is 1. The van der Waals surface area contributed by atoms with Crippen LogP contribution in [0.1, 0.15) is 19.4 Å². The summed E-state index contributed by atoms with van der Waals surface area (Å²) in [5, 5.41) is 2.46. The Bertz CT molecular complexity index is 590. The predicted molar refractivity (Wildman–Crippen MR) is 82.7 cm³/mol. The molecule has 0 bridgehead atoms. The summed E-state index contributed by atoms with van der Waals surface area (Å²) in [5.41, 5.74) is -2.40. The smallest absolute Gasteiger partial charge is 0.478 e. The van der Waals surface area contributed by atoms with Gasteiger partial charge in [0, 0.05) is 13.3 Å². The fourth-order valence-electron chi connectivity index (χ4n) is 2.26. The molecule has 0 unspecified atom stereocenters. The largest absolute Gasteiger partial charge is 0.497 e. The summed E-state index contributed by atoms with van der Waals surface area (Å²) in [4.78, 5) is 23.2. The van der Waals surface area contributed by atoms with Crippen LogP contribution in [0.5, 0.6) is 5.75 Å². The van der Waals surface area contributed by atoms with Crippen LogP contribution in [0.2, 0.25) is 0 Å². The van der Waals surface area contributed by atoms with Gasteiger partial charge in [-0.1, -0.05) is 12.1 Å². The fraction of sp³-hybridized carbons (Fsp3) is 0.500. The van der Waals surface area contributed by atoms with Crippen LogP contribution in [0.4, 0.5) is 13.2 Å². The second-order valence-electron chi connectivity index (χ2n) is 5.30. The number of nitrogens with one attached hydrogen (secondary N) is 1. The average molecular weight is 363 g/mol. The highest BCUT2D eigenvalue weighted by Gasteiger charge is 2.67. The molecule has 6 nitrogen and oxygen atoms in total. The molecule has 0 spiro atoms. The van der Waals surface area contributed by atoms with E-state index < -0.39 is 23.7 Å². The van der Waals surface area contributed by atoms with Crippen molar-refractivity contribution in [2.75, 3.05) is 20.3 Å².